The molecule has 1 aromatic heterocycles. The standard InChI is InChI=1S/C20H20N4O/c1-14-5-7-17(8-6-14)24-12-9-18(23-24)19(25)22-16-4-2-3-15(13-16)20(21)10-11-20/h2-9,12-13H,10-11,21H2,1H3,(H,22,25). The van der Waals surface area contributed by atoms with Gasteiger partial charge in [-0.3, -0.25) is 4.79 Å². The number of amides is 1. The van der Waals surface area contributed by atoms with Crippen LogP contribution in [0.1, 0.15) is 34.5 Å². The number of carbonyl (C=O) groups is 1. The zero-order valence-corrected chi connectivity index (χ0v) is 14.1. The minimum atomic E-state index is -0.232. The fourth-order valence-electron chi connectivity index (χ4n) is 2.81. The van der Waals surface area contributed by atoms with E-state index >= 15 is 0 Å². The maximum absolute atomic E-state index is 12.5. The van der Waals surface area contributed by atoms with E-state index in [0.717, 1.165) is 29.8 Å². The molecule has 0 radical (unpaired) electrons. The van der Waals surface area contributed by atoms with Crippen LogP contribution in [0.15, 0.2) is 60.8 Å². The molecule has 5 nitrogen and oxygen atoms in total. The van der Waals surface area contributed by atoms with E-state index in [0.29, 0.717) is 5.69 Å². The summed E-state index contributed by atoms with van der Waals surface area (Å²) < 4.78 is 1.70. The summed E-state index contributed by atoms with van der Waals surface area (Å²) in [5.74, 6) is -0.232. The van der Waals surface area contributed by atoms with Gasteiger partial charge in [0.05, 0.1) is 5.69 Å². The third-order valence-corrected chi connectivity index (χ3v) is 4.60. The molecular formula is C20H20N4O. The Hall–Kier alpha value is -2.92. The Kier molecular flexibility index (Phi) is 3.66. The summed E-state index contributed by atoms with van der Waals surface area (Å²) in [4.78, 5) is 12.5. The van der Waals surface area contributed by atoms with Crippen molar-refractivity contribution in [3.8, 4) is 5.69 Å². The Morgan fingerprint density at radius 1 is 1.16 bits per heavy atom. The van der Waals surface area contributed by atoms with Gasteiger partial charge in [0.2, 0.25) is 0 Å². The molecule has 1 aliphatic rings. The number of carbonyl (C=O) groups excluding carboxylic acids is 1. The van der Waals surface area contributed by atoms with E-state index in [4.69, 9.17) is 5.73 Å². The molecular weight excluding hydrogens is 312 g/mol. The Morgan fingerprint density at radius 2 is 1.92 bits per heavy atom. The van der Waals surface area contributed by atoms with Gasteiger partial charge in [0.15, 0.2) is 5.69 Å². The number of benzene rings is 2. The third kappa shape index (κ3) is 3.19. The minimum absolute atomic E-state index is 0.215. The van der Waals surface area contributed by atoms with Gasteiger partial charge in [-0.2, -0.15) is 5.10 Å². The Morgan fingerprint density at radius 3 is 2.64 bits per heavy atom. The SMILES string of the molecule is Cc1ccc(-n2ccc(C(=O)Nc3cccc(C4(N)CC4)c3)n2)cc1. The zero-order valence-electron chi connectivity index (χ0n) is 14.1. The number of anilines is 1. The van der Waals surface area contributed by atoms with Gasteiger partial charge in [-0.25, -0.2) is 4.68 Å². The summed E-state index contributed by atoms with van der Waals surface area (Å²) in [5, 5.41) is 7.27. The van der Waals surface area contributed by atoms with Gasteiger partial charge in [0.25, 0.3) is 5.91 Å². The van der Waals surface area contributed by atoms with E-state index in [9.17, 15) is 4.79 Å². The molecule has 5 heteroatoms. The van der Waals surface area contributed by atoms with Crippen LogP contribution in [0.3, 0.4) is 0 Å². The molecule has 3 aromatic rings. The lowest BCUT2D eigenvalue weighted by Crippen LogP contribution is -2.19. The molecule has 0 spiro atoms. The van der Waals surface area contributed by atoms with Crippen LogP contribution < -0.4 is 11.1 Å². The van der Waals surface area contributed by atoms with Gasteiger partial charge in [0, 0.05) is 17.4 Å². The molecule has 1 saturated carbocycles. The average molecular weight is 332 g/mol. The number of hydrogen-bond donors (Lipinski definition) is 2. The summed E-state index contributed by atoms with van der Waals surface area (Å²) in [6, 6.07) is 17.4. The van der Waals surface area contributed by atoms with Gasteiger partial charge < -0.3 is 11.1 Å². The average Bonchev–Trinajstić information content (AvgIpc) is 3.18. The number of aromatic nitrogens is 2. The highest BCUT2D eigenvalue weighted by molar-refractivity contribution is 6.02. The summed E-state index contributed by atoms with van der Waals surface area (Å²) in [7, 11) is 0. The summed E-state index contributed by atoms with van der Waals surface area (Å²) in [6.45, 7) is 2.03. The number of nitrogens with one attached hydrogen (secondary N) is 1. The van der Waals surface area contributed by atoms with Crippen LogP contribution in [0, 0.1) is 6.92 Å². The second-order valence-electron chi connectivity index (χ2n) is 6.67. The largest absolute Gasteiger partial charge is 0.321 e. The monoisotopic (exact) mass is 332 g/mol. The molecule has 0 unspecified atom stereocenters. The summed E-state index contributed by atoms with van der Waals surface area (Å²) in [5.41, 5.74) is 10.3. The molecule has 0 aliphatic heterocycles. The van der Waals surface area contributed by atoms with E-state index in [1.807, 2.05) is 55.5 Å². The maximum Gasteiger partial charge on any atom is 0.276 e. The number of nitrogens with two attached hydrogens (primary N) is 1. The van der Waals surface area contributed by atoms with Crippen molar-refractivity contribution in [1.82, 2.24) is 9.78 Å². The topological polar surface area (TPSA) is 72.9 Å². The molecule has 1 amide bonds. The molecule has 1 aliphatic carbocycles. The first-order chi connectivity index (χ1) is 12.0. The van der Waals surface area contributed by atoms with E-state index < -0.39 is 0 Å². The zero-order chi connectivity index (χ0) is 17.4. The second kappa shape index (κ2) is 5.86. The molecule has 1 fully saturated rings. The van der Waals surface area contributed by atoms with Crippen molar-refractivity contribution >= 4 is 11.6 Å². The van der Waals surface area contributed by atoms with Crippen LogP contribution in [0.2, 0.25) is 0 Å². The summed E-state index contributed by atoms with van der Waals surface area (Å²) in [6.07, 6.45) is 3.77. The molecule has 3 N–H and O–H groups in total. The van der Waals surface area contributed by atoms with Crippen molar-refractivity contribution < 1.29 is 4.79 Å². The van der Waals surface area contributed by atoms with Crippen molar-refractivity contribution in [2.45, 2.75) is 25.3 Å². The second-order valence-corrected chi connectivity index (χ2v) is 6.67. The van der Waals surface area contributed by atoms with Gasteiger partial charge in [0.1, 0.15) is 0 Å². The molecule has 126 valence electrons. The Bertz CT molecular complexity index is 923. The predicted octanol–water partition coefficient (Wildman–Crippen LogP) is 3.38. The smallest absolute Gasteiger partial charge is 0.276 e. The fraction of sp³-hybridized carbons (Fsp3) is 0.200. The van der Waals surface area contributed by atoms with Crippen molar-refractivity contribution in [2.24, 2.45) is 5.73 Å². The van der Waals surface area contributed by atoms with Gasteiger partial charge in [-0.05, 0) is 55.7 Å². The number of aryl methyl sites for hydroxylation is 1. The molecule has 2 aromatic carbocycles. The Labute approximate surface area is 146 Å². The minimum Gasteiger partial charge on any atom is -0.321 e. The molecule has 0 atom stereocenters. The van der Waals surface area contributed by atoms with Crippen molar-refractivity contribution in [3.63, 3.8) is 0 Å². The quantitative estimate of drug-likeness (QED) is 0.769. The highest BCUT2D eigenvalue weighted by Gasteiger charge is 2.39. The van der Waals surface area contributed by atoms with E-state index in [1.54, 1.807) is 16.9 Å². The van der Waals surface area contributed by atoms with Crippen LogP contribution >= 0.6 is 0 Å². The highest BCUT2D eigenvalue weighted by Crippen LogP contribution is 2.43. The van der Waals surface area contributed by atoms with Crippen LogP contribution in [-0.4, -0.2) is 15.7 Å². The highest BCUT2D eigenvalue weighted by atomic mass is 16.1. The normalized spacial score (nSPS) is 15.0. The van der Waals surface area contributed by atoms with Crippen molar-refractivity contribution in [2.75, 3.05) is 5.32 Å². The molecule has 0 saturated heterocycles. The fourth-order valence-corrected chi connectivity index (χ4v) is 2.81. The third-order valence-electron chi connectivity index (χ3n) is 4.60. The lowest BCUT2D eigenvalue weighted by atomic mass is 10.1. The van der Waals surface area contributed by atoms with E-state index in [2.05, 4.69) is 10.4 Å². The maximum atomic E-state index is 12.5. The predicted molar refractivity (Wildman–Crippen MR) is 97.8 cm³/mol. The van der Waals surface area contributed by atoms with E-state index in [1.165, 1.54) is 5.56 Å². The van der Waals surface area contributed by atoms with Gasteiger partial charge >= 0.3 is 0 Å². The van der Waals surface area contributed by atoms with Crippen LogP contribution in [-0.2, 0) is 5.54 Å². The molecule has 25 heavy (non-hydrogen) atoms. The number of nitrogens with zero attached hydrogens (tertiary/aromatic N) is 2. The van der Waals surface area contributed by atoms with Crippen molar-refractivity contribution in [3.05, 3.63) is 77.6 Å². The van der Waals surface area contributed by atoms with Gasteiger partial charge in [-0.1, -0.05) is 29.8 Å². The van der Waals surface area contributed by atoms with Gasteiger partial charge in [-0.15, -0.1) is 0 Å². The van der Waals surface area contributed by atoms with Crippen LogP contribution in [0.25, 0.3) is 5.69 Å². The first-order valence-corrected chi connectivity index (χ1v) is 8.37. The van der Waals surface area contributed by atoms with Crippen LogP contribution in [0.5, 0.6) is 0 Å². The van der Waals surface area contributed by atoms with Crippen LogP contribution in [0.4, 0.5) is 5.69 Å². The number of hydrogen-bond acceptors (Lipinski definition) is 3. The molecule has 0 bridgehead atoms. The first-order valence-electron chi connectivity index (χ1n) is 8.37. The summed E-state index contributed by atoms with van der Waals surface area (Å²) >= 11 is 0. The lowest BCUT2D eigenvalue weighted by molar-refractivity contribution is 0.102. The van der Waals surface area contributed by atoms with Crippen molar-refractivity contribution in [1.29, 1.82) is 0 Å². The number of rotatable bonds is 4. The first kappa shape index (κ1) is 15.6. The Balaban J connectivity index is 1.51. The molecule has 4 rings (SSSR count). The van der Waals surface area contributed by atoms with E-state index in [-0.39, 0.29) is 11.4 Å². The lowest BCUT2D eigenvalue weighted by Gasteiger charge is -2.11. The molecule has 1 heterocycles.